The van der Waals surface area contributed by atoms with Crippen LogP contribution in [0.15, 0.2) is 36.4 Å². The number of nitrogens with zero attached hydrogens (tertiary/aromatic N) is 1. The largest absolute Gasteiger partial charge is 0.497 e. The van der Waals surface area contributed by atoms with E-state index in [4.69, 9.17) is 17.0 Å². The Balaban J connectivity index is 2.26. The summed E-state index contributed by atoms with van der Waals surface area (Å²) in [5, 5.41) is 0. The summed E-state index contributed by atoms with van der Waals surface area (Å²) < 4.78 is 21.8. The normalized spacial score (nSPS) is 10.9. The first-order valence-electron chi connectivity index (χ1n) is 5.84. The standard InChI is InChI=1S/C14H10FIN2OS/c1-19-9-4-2-8(3-5-9)18-13-6-10(15)11(16)7-12(13)17-14(18)20/h2-7H,1H3,(H,17,20). The summed E-state index contributed by atoms with van der Waals surface area (Å²) in [6.07, 6.45) is 0. The van der Waals surface area contributed by atoms with Crippen molar-refractivity contribution in [3.8, 4) is 11.4 Å². The van der Waals surface area contributed by atoms with Gasteiger partial charge in [-0.05, 0) is 65.1 Å². The molecule has 0 amide bonds. The molecule has 3 aromatic rings. The maximum atomic E-state index is 13.8. The van der Waals surface area contributed by atoms with E-state index in [9.17, 15) is 4.39 Å². The van der Waals surface area contributed by atoms with Gasteiger partial charge in [-0.2, -0.15) is 0 Å². The van der Waals surface area contributed by atoms with Crippen molar-refractivity contribution in [3.63, 3.8) is 0 Å². The van der Waals surface area contributed by atoms with Crippen LogP contribution in [-0.2, 0) is 0 Å². The Kier molecular flexibility index (Phi) is 3.51. The molecule has 0 saturated heterocycles. The summed E-state index contributed by atoms with van der Waals surface area (Å²) in [4.78, 5) is 3.10. The van der Waals surface area contributed by atoms with E-state index in [0.29, 0.717) is 8.34 Å². The second kappa shape index (κ2) is 5.17. The Labute approximate surface area is 133 Å². The van der Waals surface area contributed by atoms with Gasteiger partial charge in [-0.25, -0.2) is 4.39 Å². The average molecular weight is 400 g/mol. The maximum absolute atomic E-state index is 13.8. The molecule has 1 N–H and O–H groups in total. The SMILES string of the molecule is COc1ccc(-n2c(=S)[nH]c3cc(I)c(F)cc32)cc1. The highest BCUT2D eigenvalue weighted by Gasteiger charge is 2.10. The van der Waals surface area contributed by atoms with Crippen LogP contribution in [0, 0.1) is 14.2 Å². The summed E-state index contributed by atoms with van der Waals surface area (Å²) in [7, 11) is 1.61. The second-order valence-corrected chi connectivity index (χ2v) is 5.80. The lowest BCUT2D eigenvalue weighted by atomic mass is 10.2. The fraction of sp³-hybridized carbons (Fsp3) is 0.0714. The van der Waals surface area contributed by atoms with E-state index >= 15 is 0 Å². The third-order valence-corrected chi connectivity index (χ3v) is 4.17. The second-order valence-electron chi connectivity index (χ2n) is 4.25. The molecule has 0 bridgehead atoms. The quantitative estimate of drug-likeness (QED) is 0.509. The Morgan fingerprint density at radius 1 is 1.25 bits per heavy atom. The first-order chi connectivity index (χ1) is 9.60. The van der Waals surface area contributed by atoms with Gasteiger partial charge < -0.3 is 9.72 Å². The number of methoxy groups -OCH3 is 1. The predicted molar refractivity (Wildman–Crippen MR) is 87.7 cm³/mol. The third kappa shape index (κ3) is 2.22. The molecule has 0 radical (unpaired) electrons. The highest BCUT2D eigenvalue weighted by Crippen LogP contribution is 2.24. The lowest BCUT2D eigenvalue weighted by molar-refractivity contribution is 0.415. The summed E-state index contributed by atoms with van der Waals surface area (Å²) in [6.45, 7) is 0. The zero-order valence-electron chi connectivity index (χ0n) is 10.5. The van der Waals surface area contributed by atoms with Crippen molar-refractivity contribution in [2.24, 2.45) is 0 Å². The topological polar surface area (TPSA) is 29.9 Å². The molecule has 0 aliphatic heterocycles. The fourth-order valence-electron chi connectivity index (χ4n) is 2.09. The molecule has 0 unspecified atom stereocenters. The van der Waals surface area contributed by atoms with E-state index in [0.717, 1.165) is 22.5 Å². The smallest absolute Gasteiger partial charge is 0.182 e. The molecule has 102 valence electrons. The molecule has 20 heavy (non-hydrogen) atoms. The number of benzene rings is 2. The third-order valence-electron chi connectivity index (χ3n) is 3.05. The van der Waals surface area contributed by atoms with E-state index in [-0.39, 0.29) is 5.82 Å². The van der Waals surface area contributed by atoms with Crippen molar-refractivity contribution >= 4 is 45.8 Å². The minimum absolute atomic E-state index is 0.255. The Morgan fingerprint density at radius 2 is 1.95 bits per heavy atom. The summed E-state index contributed by atoms with van der Waals surface area (Å²) in [6, 6.07) is 10.7. The number of halogens is 2. The van der Waals surface area contributed by atoms with Crippen molar-refractivity contribution in [3.05, 3.63) is 50.6 Å². The Hall–Kier alpha value is -1.41. The molecule has 0 spiro atoms. The van der Waals surface area contributed by atoms with Gasteiger partial charge in [-0.1, -0.05) is 0 Å². The Morgan fingerprint density at radius 3 is 2.60 bits per heavy atom. The minimum Gasteiger partial charge on any atom is -0.497 e. The van der Waals surface area contributed by atoms with Crippen LogP contribution < -0.4 is 4.74 Å². The molecule has 1 heterocycles. The monoisotopic (exact) mass is 400 g/mol. The van der Waals surface area contributed by atoms with Crippen molar-refractivity contribution < 1.29 is 9.13 Å². The molecule has 0 aliphatic rings. The molecule has 3 rings (SSSR count). The number of ether oxygens (including phenoxy) is 1. The molecule has 6 heteroatoms. The molecule has 0 aliphatic carbocycles. The van der Waals surface area contributed by atoms with Gasteiger partial charge in [0, 0.05) is 11.8 Å². The number of rotatable bonds is 2. The van der Waals surface area contributed by atoms with E-state index in [1.54, 1.807) is 13.2 Å². The van der Waals surface area contributed by atoms with Crippen molar-refractivity contribution in [2.45, 2.75) is 0 Å². The lowest BCUT2D eigenvalue weighted by Crippen LogP contribution is -1.95. The van der Waals surface area contributed by atoms with E-state index in [2.05, 4.69) is 4.98 Å². The van der Waals surface area contributed by atoms with Gasteiger partial charge >= 0.3 is 0 Å². The lowest BCUT2D eigenvalue weighted by Gasteiger charge is -2.06. The molecule has 2 aromatic carbocycles. The number of H-pyrrole nitrogens is 1. The van der Waals surface area contributed by atoms with Crippen LogP contribution in [0.1, 0.15) is 0 Å². The minimum atomic E-state index is -0.255. The number of nitrogens with one attached hydrogen (secondary N) is 1. The van der Waals surface area contributed by atoms with Crippen molar-refractivity contribution in [1.82, 2.24) is 9.55 Å². The van der Waals surface area contributed by atoms with Crippen molar-refractivity contribution in [2.75, 3.05) is 7.11 Å². The molecule has 0 atom stereocenters. The first-order valence-corrected chi connectivity index (χ1v) is 7.33. The molecular weight excluding hydrogens is 390 g/mol. The molecule has 0 saturated carbocycles. The highest BCUT2D eigenvalue weighted by atomic mass is 127. The number of imidazole rings is 1. The Bertz CT molecular complexity index is 839. The molecular formula is C14H10FIN2OS. The van der Waals surface area contributed by atoms with E-state index < -0.39 is 0 Å². The van der Waals surface area contributed by atoms with Crippen LogP contribution in [0.25, 0.3) is 16.7 Å². The van der Waals surface area contributed by atoms with Crippen LogP contribution in [0.2, 0.25) is 0 Å². The predicted octanol–water partition coefficient (Wildman–Crippen LogP) is 4.44. The summed E-state index contributed by atoms with van der Waals surface area (Å²) in [5.41, 5.74) is 2.40. The van der Waals surface area contributed by atoms with Gasteiger partial charge in [0.15, 0.2) is 4.77 Å². The molecule has 0 fully saturated rings. The average Bonchev–Trinajstić information content (AvgIpc) is 2.75. The van der Waals surface area contributed by atoms with Crippen molar-refractivity contribution in [1.29, 1.82) is 0 Å². The number of fused-ring (bicyclic) bond motifs is 1. The number of aromatic amines is 1. The van der Waals surface area contributed by atoms with E-state index in [1.807, 2.05) is 51.4 Å². The van der Waals surface area contributed by atoms with Gasteiger partial charge in [0.25, 0.3) is 0 Å². The summed E-state index contributed by atoms with van der Waals surface area (Å²) >= 11 is 7.30. The zero-order valence-corrected chi connectivity index (χ0v) is 13.5. The van der Waals surface area contributed by atoms with Crippen LogP contribution in [0.3, 0.4) is 0 Å². The zero-order chi connectivity index (χ0) is 14.3. The molecule has 1 aromatic heterocycles. The van der Waals surface area contributed by atoms with Gasteiger partial charge in [-0.3, -0.25) is 4.57 Å². The number of hydrogen-bond donors (Lipinski definition) is 1. The van der Waals surface area contributed by atoms with Gasteiger partial charge in [-0.15, -0.1) is 0 Å². The maximum Gasteiger partial charge on any atom is 0.182 e. The van der Waals surface area contributed by atoms with Gasteiger partial charge in [0.1, 0.15) is 11.6 Å². The van der Waals surface area contributed by atoms with E-state index in [1.165, 1.54) is 6.07 Å². The van der Waals surface area contributed by atoms with Crippen LogP contribution >= 0.6 is 34.8 Å². The van der Waals surface area contributed by atoms with Gasteiger partial charge in [0.05, 0.1) is 21.7 Å². The van der Waals surface area contributed by atoms with Crippen LogP contribution in [0.5, 0.6) is 5.75 Å². The summed E-state index contributed by atoms with van der Waals surface area (Å²) in [5.74, 6) is 0.509. The first kappa shape index (κ1) is 13.6. The number of aromatic nitrogens is 2. The van der Waals surface area contributed by atoms with Crippen LogP contribution in [-0.4, -0.2) is 16.7 Å². The molecule has 3 nitrogen and oxygen atoms in total. The number of hydrogen-bond acceptors (Lipinski definition) is 2. The highest BCUT2D eigenvalue weighted by molar-refractivity contribution is 14.1. The van der Waals surface area contributed by atoms with Crippen LogP contribution in [0.4, 0.5) is 4.39 Å². The fourth-order valence-corrected chi connectivity index (χ4v) is 2.87. The van der Waals surface area contributed by atoms with Gasteiger partial charge in [0.2, 0.25) is 0 Å².